The highest BCUT2D eigenvalue weighted by Crippen LogP contribution is 2.14. The van der Waals surface area contributed by atoms with E-state index in [2.05, 4.69) is 5.10 Å². The van der Waals surface area contributed by atoms with Gasteiger partial charge in [0.15, 0.2) is 0 Å². The van der Waals surface area contributed by atoms with E-state index in [1.165, 1.54) is 12.1 Å². The second-order valence-corrected chi connectivity index (χ2v) is 3.77. The first-order valence-electron chi connectivity index (χ1n) is 5.48. The molecule has 92 valence electrons. The number of halogens is 1. The number of rotatable bonds is 4. The van der Waals surface area contributed by atoms with Gasteiger partial charge >= 0.3 is 0 Å². The largest absolute Gasteiger partial charge is 0.489 e. The van der Waals surface area contributed by atoms with Crippen LogP contribution in [0.4, 0.5) is 4.39 Å². The Morgan fingerprint density at radius 2 is 1.94 bits per heavy atom. The number of hydrazone groups is 1. The van der Waals surface area contributed by atoms with Crippen LogP contribution in [0.1, 0.15) is 11.1 Å². The van der Waals surface area contributed by atoms with E-state index in [1.807, 2.05) is 24.3 Å². The molecule has 0 aliphatic heterocycles. The Hall–Kier alpha value is -2.36. The number of nitrogens with zero attached hydrogens (tertiary/aromatic N) is 1. The highest BCUT2D eigenvalue weighted by atomic mass is 19.1. The molecule has 0 fully saturated rings. The summed E-state index contributed by atoms with van der Waals surface area (Å²) in [5.74, 6) is 5.27. The van der Waals surface area contributed by atoms with E-state index in [9.17, 15) is 4.39 Å². The van der Waals surface area contributed by atoms with Gasteiger partial charge in [0.2, 0.25) is 0 Å². The molecule has 0 aliphatic rings. The zero-order valence-electron chi connectivity index (χ0n) is 9.71. The van der Waals surface area contributed by atoms with Crippen LogP contribution < -0.4 is 10.6 Å². The molecular weight excluding hydrogens is 231 g/mol. The number of benzene rings is 2. The van der Waals surface area contributed by atoms with Crippen molar-refractivity contribution >= 4 is 6.21 Å². The van der Waals surface area contributed by atoms with Crippen molar-refractivity contribution in [3.8, 4) is 5.75 Å². The third-order valence-electron chi connectivity index (χ3n) is 2.40. The van der Waals surface area contributed by atoms with Crippen molar-refractivity contribution in [1.82, 2.24) is 0 Å². The number of ether oxygens (including phenoxy) is 1. The first kappa shape index (κ1) is 12.1. The van der Waals surface area contributed by atoms with Crippen molar-refractivity contribution in [3.05, 3.63) is 65.5 Å². The number of hydrogen-bond acceptors (Lipinski definition) is 3. The van der Waals surface area contributed by atoms with Gasteiger partial charge in [-0.1, -0.05) is 30.3 Å². The van der Waals surface area contributed by atoms with Crippen LogP contribution in [-0.4, -0.2) is 6.21 Å². The minimum Gasteiger partial charge on any atom is -0.489 e. The lowest BCUT2D eigenvalue weighted by Crippen LogP contribution is -1.96. The minimum absolute atomic E-state index is 0.304. The van der Waals surface area contributed by atoms with Crippen LogP contribution >= 0.6 is 0 Å². The van der Waals surface area contributed by atoms with Gasteiger partial charge in [0.25, 0.3) is 0 Å². The van der Waals surface area contributed by atoms with E-state index >= 15 is 0 Å². The molecule has 2 rings (SSSR count). The monoisotopic (exact) mass is 244 g/mol. The Bertz CT molecular complexity index is 538. The number of hydrogen-bond donors (Lipinski definition) is 1. The second kappa shape index (κ2) is 5.82. The Balaban J connectivity index is 1.98. The van der Waals surface area contributed by atoms with Gasteiger partial charge in [0.05, 0.1) is 6.21 Å². The molecule has 18 heavy (non-hydrogen) atoms. The zero-order valence-corrected chi connectivity index (χ0v) is 9.71. The lowest BCUT2D eigenvalue weighted by molar-refractivity contribution is 0.304. The molecule has 0 aliphatic carbocycles. The van der Waals surface area contributed by atoms with Gasteiger partial charge < -0.3 is 10.6 Å². The summed E-state index contributed by atoms with van der Waals surface area (Å²) in [6, 6.07) is 13.7. The Kier molecular flexibility index (Phi) is 3.91. The fraction of sp³-hybridized carbons (Fsp3) is 0.0714. The molecule has 2 N–H and O–H groups in total. The summed E-state index contributed by atoms with van der Waals surface area (Å²) in [5.41, 5.74) is 1.92. The molecule has 0 unspecified atom stereocenters. The Labute approximate surface area is 105 Å². The average molecular weight is 244 g/mol. The van der Waals surface area contributed by atoms with E-state index in [-0.39, 0.29) is 5.82 Å². The summed E-state index contributed by atoms with van der Waals surface area (Å²) in [7, 11) is 0. The lowest BCUT2D eigenvalue weighted by atomic mass is 10.1. The third kappa shape index (κ3) is 3.31. The van der Waals surface area contributed by atoms with Crippen LogP contribution in [0.5, 0.6) is 5.75 Å². The second-order valence-electron chi connectivity index (χ2n) is 3.77. The molecular formula is C14H13FN2O. The van der Waals surface area contributed by atoms with E-state index in [0.29, 0.717) is 12.4 Å². The van der Waals surface area contributed by atoms with Crippen LogP contribution in [0.2, 0.25) is 0 Å². The highest BCUT2D eigenvalue weighted by molar-refractivity contribution is 5.79. The van der Waals surface area contributed by atoms with Gasteiger partial charge in [-0.05, 0) is 23.3 Å². The molecule has 0 bridgehead atoms. The van der Waals surface area contributed by atoms with E-state index < -0.39 is 0 Å². The van der Waals surface area contributed by atoms with Crippen molar-refractivity contribution in [2.75, 3.05) is 0 Å². The van der Waals surface area contributed by atoms with Crippen LogP contribution in [0.25, 0.3) is 0 Å². The number of nitrogens with two attached hydrogens (primary N) is 1. The van der Waals surface area contributed by atoms with Gasteiger partial charge in [-0.3, -0.25) is 0 Å². The normalized spacial score (nSPS) is 10.7. The van der Waals surface area contributed by atoms with Crippen molar-refractivity contribution in [3.63, 3.8) is 0 Å². The SMILES string of the molecule is NN=Cc1ccc(COc2cccc(F)c2)cc1. The van der Waals surface area contributed by atoms with Crippen molar-refractivity contribution in [2.24, 2.45) is 10.9 Å². The van der Waals surface area contributed by atoms with Crippen LogP contribution in [0.3, 0.4) is 0 Å². The van der Waals surface area contributed by atoms with Gasteiger partial charge in [-0.15, -0.1) is 0 Å². The molecule has 2 aromatic rings. The van der Waals surface area contributed by atoms with Crippen LogP contribution in [-0.2, 0) is 6.61 Å². The van der Waals surface area contributed by atoms with Crippen molar-refractivity contribution in [1.29, 1.82) is 0 Å². The van der Waals surface area contributed by atoms with E-state index in [4.69, 9.17) is 10.6 Å². The summed E-state index contributed by atoms with van der Waals surface area (Å²) in [6.45, 7) is 0.392. The summed E-state index contributed by atoms with van der Waals surface area (Å²) in [4.78, 5) is 0. The standard InChI is InChI=1S/C14H13FN2O/c15-13-2-1-3-14(8-13)18-10-12-6-4-11(5-7-12)9-17-16/h1-9H,10,16H2. The molecule has 4 heteroatoms. The zero-order chi connectivity index (χ0) is 12.8. The Morgan fingerprint density at radius 3 is 2.61 bits per heavy atom. The molecule has 0 amide bonds. The van der Waals surface area contributed by atoms with Gasteiger partial charge in [-0.25, -0.2) is 4.39 Å². The van der Waals surface area contributed by atoms with E-state index in [0.717, 1.165) is 11.1 Å². The molecule has 0 radical (unpaired) electrons. The summed E-state index contributed by atoms with van der Waals surface area (Å²) >= 11 is 0. The Morgan fingerprint density at radius 1 is 1.17 bits per heavy atom. The molecule has 0 heterocycles. The molecule has 0 atom stereocenters. The quantitative estimate of drug-likeness (QED) is 0.510. The third-order valence-corrected chi connectivity index (χ3v) is 2.40. The summed E-state index contributed by atoms with van der Waals surface area (Å²) in [5, 5.41) is 3.44. The van der Waals surface area contributed by atoms with Gasteiger partial charge in [0.1, 0.15) is 18.2 Å². The maximum atomic E-state index is 12.9. The minimum atomic E-state index is -0.304. The molecule has 0 spiro atoms. The summed E-state index contributed by atoms with van der Waals surface area (Å²) in [6.07, 6.45) is 1.57. The first-order chi connectivity index (χ1) is 8.78. The van der Waals surface area contributed by atoms with Crippen molar-refractivity contribution < 1.29 is 9.13 Å². The molecule has 2 aromatic carbocycles. The molecule has 0 saturated heterocycles. The van der Waals surface area contributed by atoms with Crippen LogP contribution in [0, 0.1) is 5.82 Å². The van der Waals surface area contributed by atoms with E-state index in [1.54, 1.807) is 18.3 Å². The maximum Gasteiger partial charge on any atom is 0.126 e. The highest BCUT2D eigenvalue weighted by Gasteiger charge is 1.97. The first-order valence-corrected chi connectivity index (χ1v) is 5.48. The topological polar surface area (TPSA) is 47.6 Å². The predicted molar refractivity (Wildman–Crippen MR) is 69.0 cm³/mol. The lowest BCUT2D eigenvalue weighted by Gasteiger charge is -2.06. The smallest absolute Gasteiger partial charge is 0.126 e. The fourth-order valence-corrected chi connectivity index (χ4v) is 1.51. The summed E-state index contributed by atoms with van der Waals surface area (Å²) < 4.78 is 18.4. The molecule has 0 saturated carbocycles. The average Bonchev–Trinajstić information content (AvgIpc) is 2.38. The van der Waals surface area contributed by atoms with Gasteiger partial charge in [0, 0.05) is 6.07 Å². The molecule has 0 aromatic heterocycles. The fourth-order valence-electron chi connectivity index (χ4n) is 1.51. The van der Waals surface area contributed by atoms with Gasteiger partial charge in [-0.2, -0.15) is 5.10 Å². The maximum absolute atomic E-state index is 12.9. The van der Waals surface area contributed by atoms with Crippen LogP contribution in [0.15, 0.2) is 53.6 Å². The van der Waals surface area contributed by atoms with Crippen molar-refractivity contribution in [2.45, 2.75) is 6.61 Å². The predicted octanol–water partition coefficient (Wildman–Crippen LogP) is 2.70. The molecule has 3 nitrogen and oxygen atoms in total.